The molecule has 0 saturated carbocycles. The highest BCUT2D eigenvalue weighted by Gasteiger charge is 2.32. The number of benzene rings is 7. The van der Waals surface area contributed by atoms with Gasteiger partial charge in [-0.05, 0) is 69.8 Å². The van der Waals surface area contributed by atoms with Crippen molar-refractivity contribution >= 4 is 71.1 Å². The summed E-state index contributed by atoms with van der Waals surface area (Å²) in [7, 11) is 0. The molecule has 10 rings (SSSR count). The molecule has 0 bridgehead atoms. The van der Waals surface area contributed by atoms with Crippen LogP contribution in [0.1, 0.15) is 58.4 Å². The van der Waals surface area contributed by atoms with Crippen LogP contribution in [0, 0.1) is 11.3 Å². The second-order valence-corrected chi connectivity index (χ2v) is 16.6. The first-order valence-electron chi connectivity index (χ1n) is 18.1. The fourth-order valence-electron chi connectivity index (χ4n) is 9.08. The second-order valence-electron chi connectivity index (χ2n) is 16.6. The molecule has 1 unspecified atom stereocenters. The van der Waals surface area contributed by atoms with Crippen molar-refractivity contribution in [2.45, 2.75) is 53.4 Å². The van der Waals surface area contributed by atoms with Gasteiger partial charge < -0.3 is 9.13 Å². The highest BCUT2D eigenvalue weighted by Crippen LogP contribution is 2.51. The minimum absolute atomic E-state index is 0.0378. The maximum absolute atomic E-state index is 2.61. The topological polar surface area (TPSA) is 9.86 Å². The molecular formula is C48H42N2. The Kier molecular flexibility index (Phi) is 5.98. The van der Waals surface area contributed by atoms with Crippen LogP contribution in [0.15, 0.2) is 121 Å². The molecule has 1 atom stereocenters. The molecule has 0 fully saturated rings. The van der Waals surface area contributed by atoms with Gasteiger partial charge >= 0.3 is 0 Å². The Morgan fingerprint density at radius 2 is 1.08 bits per heavy atom. The number of rotatable bonds is 2. The molecule has 7 aromatic carbocycles. The van der Waals surface area contributed by atoms with Crippen LogP contribution in [0.2, 0.25) is 0 Å². The molecule has 0 amide bonds. The Morgan fingerprint density at radius 3 is 1.68 bits per heavy atom. The lowest BCUT2D eigenvalue weighted by Gasteiger charge is -2.31. The number of fused-ring (bicyclic) bond motifs is 10. The summed E-state index contributed by atoms with van der Waals surface area (Å²) in [6.45, 7) is 14.1. The zero-order valence-corrected chi connectivity index (χ0v) is 29.8. The molecule has 0 spiro atoms. The maximum Gasteiger partial charge on any atom is 0.0626 e. The van der Waals surface area contributed by atoms with E-state index in [1.54, 1.807) is 0 Å². The smallest absolute Gasteiger partial charge is 0.0626 e. The van der Waals surface area contributed by atoms with Gasteiger partial charge in [0.1, 0.15) is 0 Å². The number of nitrogens with zero attached hydrogens (tertiary/aromatic N) is 2. The average Bonchev–Trinajstić information content (AvgIpc) is 3.65. The predicted octanol–water partition coefficient (Wildman–Crippen LogP) is 13.2. The summed E-state index contributed by atoms with van der Waals surface area (Å²) >= 11 is 0. The number of allylic oxidation sites excluding steroid dienone is 1. The minimum atomic E-state index is 0.0378. The van der Waals surface area contributed by atoms with E-state index in [1.165, 1.54) is 93.2 Å². The molecule has 1 aliphatic rings. The van der Waals surface area contributed by atoms with E-state index in [-0.39, 0.29) is 10.8 Å². The molecule has 0 saturated heterocycles. The van der Waals surface area contributed by atoms with Crippen LogP contribution >= 0.6 is 0 Å². The van der Waals surface area contributed by atoms with Gasteiger partial charge in [-0.3, -0.25) is 0 Å². The third-order valence-corrected chi connectivity index (χ3v) is 11.6. The Morgan fingerprint density at radius 1 is 0.520 bits per heavy atom. The van der Waals surface area contributed by atoms with E-state index in [0.29, 0.717) is 5.92 Å². The van der Waals surface area contributed by atoms with Crippen molar-refractivity contribution in [2.75, 3.05) is 0 Å². The van der Waals surface area contributed by atoms with Crippen LogP contribution in [-0.2, 0) is 11.8 Å². The number of para-hydroxylation sites is 2. The molecule has 244 valence electrons. The van der Waals surface area contributed by atoms with Crippen molar-refractivity contribution in [3.63, 3.8) is 0 Å². The first-order chi connectivity index (χ1) is 24.1. The number of aromatic nitrogens is 2. The van der Waals surface area contributed by atoms with E-state index in [4.69, 9.17) is 0 Å². The van der Waals surface area contributed by atoms with Crippen molar-refractivity contribution in [3.05, 3.63) is 138 Å². The van der Waals surface area contributed by atoms with Crippen LogP contribution < -0.4 is 0 Å². The molecule has 1 aliphatic carbocycles. The van der Waals surface area contributed by atoms with Crippen LogP contribution in [0.5, 0.6) is 0 Å². The lowest BCUT2D eigenvalue weighted by Crippen LogP contribution is -2.23. The van der Waals surface area contributed by atoms with Crippen molar-refractivity contribution in [1.29, 1.82) is 0 Å². The summed E-state index contributed by atoms with van der Waals surface area (Å²) in [6.07, 6.45) is 5.95. The number of hydrogen-bond acceptors (Lipinski definition) is 0. The van der Waals surface area contributed by atoms with Crippen molar-refractivity contribution < 1.29 is 0 Å². The summed E-state index contributed by atoms with van der Waals surface area (Å²) in [5, 5.41) is 12.1. The van der Waals surface area contributed by atoms with E-state index >= 15 is 0 Å². The third kappa shape index (κ3) is 3.96. The quantitative estimate of drug-likeness (QED) is 0.165. The highest BCUT2D eigenvalue weighted by atomic mass is 15.0. The van der Waals surface area contributed by atoms with Crippen LogP contribution in [-0.4, -0.2) is 9.13 Å². The molecule has 2 heteroatoms. The minimum Gasteiger partial charge on any atom is -0.312 e. The fraction of sp³-hybridized carbons (Fsp3) is 0.208. The van der Waals surface area contributed by atoms with Gasteiger partial charge in [0.05, 0.1) is 16.6 Å². The van der Waals surface area contributed by atoms with Crippen molar-refractivity contribution in [2.24, 2.45) is 11.3 Å². The monoisotopic (exact) mass is 646 g/mol. The first kappa shape index (κ1) is 29.6. The first-order valence-corrected chi connectivity index (χ1v) is 18.1. The summed E-state index contributed by atoms with van der Waals surface area (Å²) in [6, 6.07) is 43.3. The normalized spacial score (nSPS) is 15.4. The molecule has 9 aromatic rings. The Hall–Kier alpha value is -5.34. The summed E-state index contributed by atoms with van der Waals surface area (Å²) in [5.41, 5.74) is 10.7. The van der Waals surface area contributed by atoms with Crippen LogP contribution in [0.4, 0.5) is 0 Å². The van der Waals surface area contributed by atoms with Crippen molar-refractivity contribution in [3.8, 4) is 11.4 Å². The van der Waals surface area contributed by atoms with Gasteiger partial charge in [0.2, 0.25) is 0 Å². The molecular weight excluding hydrogens is 605 g/mol. The maximum atomic E-state index is 2.61. The number of hydrogen-bond donors (Lipinski definition) is 0. The lowest BCUT2D eigenvalue weighted by atomic mass is 9.75. The second kappa shape index (κ2) is 10.1. The van der Waals surface area contributed by atoms with Crippen LogP contribution in [0.3, 0.4) is 0 Å². The Bertz CT molecular complexity index is 2830. The summed E-state index contributed by atoms with van der Waals surface area (Å²) in [4.78, 5) is 0. The Labute approximate surface area is 293 Å². The fourth-order valence-corrected chi connectivity index (χ4v) is 9.08. The van der Waals surface area contributed by atoms with Gasteiger partial charge in [-0.1, -0.05) is 139 Å². The van der Waals surface area contributed by atoms with Gasteiger partial charge in [0.15, 0.2) is 0 Å². The molecule has 2 nitrogen and oxygen atoms in total. The van der Waals surface area contributed by atoms with Gasteiger partial charge in [0.25, 0.3) is 0 Å². The Balaban J connectivity index is 1.46. The lowest BCUT2D eigenvalue weighted by molar-refractivity contribution is 0.288. The highest BCUT2D eigenvalue weighted by molar-refractivity contribution is 6.43. The van der Waals surface area contributed by atoms with Crippen LogP contribution in [0.25, 0.3) is 82.5 Å². The van der Waals surface area contributed by atoms with Gasteiger partial charge in [-0.15, -0.1) is 0 Å². The predicted molar refractivity (Wildman–Crippen MR) is 216 cm³/mol. The molecule has 2 heterocycles. The van der Waals surface area contributed by atoms with E-state index < -0.39 is 0 Å². The summed E-state index contributed by atoms with van der Waals surface area (Å²) < 4.78 is 5.15. The standard InChI is InChI=1S/C48H42N2/c1-47(2,3)29-23-25-33-39(27-29)49(31-15-9-7-10-16-31)45-37-21-14-20-36-42(37)41-35(43(33)45)19-13-22-38(41)46-44(36)34-26-24-30(48(4,5)6)28-40(34)50(46)32-17-11-8-12-18-32/h7-27,30H,28H2,1-6H3. The molecule has 0 aliphatic heterocycles. The van der Waals surface area contributed by atoms with E-state index in [9.17, 15) is 0 Å². The molecule has 0 N–H and O–H groups in total. The largest absolute Gasteiger partial charge is 0.312 e. The van der Waals surface area contributed by atoms with E-state index in [0.717, 1.165) is 6.42 Å². The van der Waals surface area contributed by atoms with Gasteiger partial charge in [-0.2, -0.15) is 0 Å². The molecule has 0 radical (unpaired) electrons. The van der Waals surface area contributed by atoms with Gasteiger partial charge in [0, 0.05) is 60.3 Å². The zero-order chi connectivity index (χ0) is 34.1. The molecule has 2 aromatic heterocycles. The third-order valence-electron chi connectivity index (χ3n) is 11.6. The average molecular weight is 647 g/mol. The molecule has 50 heavy (non-hydrogen) atoms. The van der Waals surface area contributed by atoms with Gasteiger partial charge in [-0.25, -0.2) is 0 Å². The SMILES string of the molecule is CC(C)(C)c1ccc2c3c4cccc5c4c4c(cccc4c3n(-c3ccccc3)c2c1)c1c2c(n(-c3ccccc3)c51)CC(C(C)(C)C)C=C2. The zero-order valence-electron chi connectivity index (χ0n) is 29.8. The summed E-state index contributed by atoms with van der Waals surface area (Å²) in [5.74, 6) is 0.459. The van der Waals surface area contributed by atoms with Crippen molar-refractivity contribution in [1.82, 2.24) is 9.13 Å². The van der Waals surface area contributed by atoms with E-state index in [1.807, 2.05) is 0 Å². The van der Waals surface area contributed by atoms with E-state index in [2.05, 4.69) is 178 Å².